The molecule has 0 aliphatic rings. The molecule has 98 valence electrons. The molecule has 0 bridgehead atoms. The number of rotatable bonds is 5. The largest absolute Gasteiger partial charge is 0.421 e. The van der Waals surface area contributed by atoms with Crippen molar-refractivity contribution in [2.75, 3.05) is 0 Å². The van der Waals surface area contributed by atoms with Gasteiger partial charge in [0.15, 0.2) is 9.76 Å². The zero-order valence-corrected chi connectivity index (χ0v) is 13.4. The van der Waals surface area contributed by atoms with Gasteiger partial charge in [0.05, 0.1) is 0 Å². The lowest BCUT2D eigenvalue weighted by Crippen LogP contribution is -2.30. The van der Waals surface area contributed by atoms with E-state index in [1.165, 1.54) is 0 Å². The molecule has 1 aromatic heterocycles. The molecule has 0 aliphatic carbocycles. The molecule has 0 saturated heterocycles. The van der Waals surface area contributed by atoms with Crippen molar-refractivity contribution in [3.8, 4) is 0 Å². The molecule has 4 nitrogen and oxygen atoms in total. The maximum atomic E-state index is 5.77. The summed E-state index contributed by atoms with van der Waals surface area (Å²) in [6, 6.07) is 0. The van der Waals surface area contributed by atoms with Gasteiger partial charge in [-0.25, -0.2) is 0 Å². The first-order chi connectivity index (χ1) is 7.76. The van der Waals surface area contributed by atoms with E-state index in [1.54, 1.807) is 0 Å². The molecule has 17 heavy (non-hydrogen) atoms. The number of hydrogen-bond donors (Lipinski definition) is 0. The molecule has 0 unspecified atom stereocenters. The van der Waals surface area contributed by atoms with E-state index in [9.17, 15) is 0 Å². The minimum Gasteiger partial charge on any atom is -0.421 e. The van der Waals surface area contributed by atoms with Crippen molar-refractivity contribution >= 4 is 21.4 Å². The molecule has 0 N–H and O–H groups in total. The molecule has 0 radical (unpaired) electrons. The summed E-state index contributed by atoms with van der Waals surface area (Å²) in [7, 11) is -0.667. The molecule has 1 heterocycles. The van der Waals surface area contributed by atoms with Gasteiger partial charge in [0, 0.05) is 0 Å². The molecule has 0 saturated carbocycles. The maximum Gasteiger partial charge on any atom is 0.240 e. The Kier molecular flexibility index (Phi) is 4.74. The summed E-state index contributed by atoms with van der Waals surface area (Å²) >= 11 is 5.58. The second-order valence-corrected chi connectivity index (χ2v) is 8.58. The highest BCUT2D eigenvalue weighted by Crippen LogP contribution is 2.43. The predicted molar refractivity (Wildman–Crippen MR) is 70.7 cm³/mol. The van der Waals surface area contributed by atoms with Crippen molar-refractivity contribution in [2.24, 2.45) is 5.41 Å². The number of halogens is 1. The van der Waals surface area contributed by atoms with Crippen LogP contribution in [0.25, 0.3) is 0 Å². The molecule has 0 atom stereocenters. The van der Waals surface area contributed by atoms with E-state index in [0.29, 0.717) is 18.4 Å². The Morgan fingerprint density at radius 2 is 1.76 bits per heavy atom. The summed E-state index contributed by atoms with van der Waals surface area (Å²) in [6.07, 6.45) is 0. The van der Waals surface area contributed by atoms with Crippen LogP contribution >= 0.6 is 11.6 Å². The van der Waals surface area contributed by atoms with Crippen LogP contribution in [-0.4, -0.2) is 20.0 Å². The summed E-state index contributed by atoms with van der Waals surface area (Å²) in [5.41, 5.74) is 0.245. The highest BCUT2D eigenvalue weighted by atomic mass is 35.5. The Labute approximate surface area is 110 Å². The van der Waals surface area contributed by atoms with Crippen LogP contribution in [-0.2, 0) is 16.9 Å². The van der Waals surface area contributed by atoms with E-state index in [1.807, 2.05) is 0 Å². The number of hydrogen-bond acceptors (Lipinski definition) is 4. The van der Waals surface area contributed by atoms with Crippen molar-refractivity contribution in [1.82, 2.24) is 10.2 Å². The quantitative estimate of drug-likeness (QED) is 0.613. The van der Waals surface area contributed by atoms with Gasteiger partial charge in [-0.05, 0) is 10.5 Å². The zero-order chi connectivity index (χ0) is 13.1. The van der Waals surface area contributed by atoms with Crippen LogP contribution in [0, 0.1) is 5.41 Å². The van der Waals surface area contributed by atoms with Crippen LogP contribution in [0.1, 0.15) is 46.4 Å². The van der Waals surface area contributed by atoms with Gasteiger partial charge in [-0.2, -0.15) is 0 Å². The smallest absolute Gasteiger partial charge is 0.240 e. The standard InChI is InChI=1S/C11H21ClN2O2Si/c1-10(2,3)11(4,5)17-15-7-9-14-13-8(6-12)16-9/h6-7,17H2,1-5H3. The van der Waals surface area contributed by atoms with Gasteiger partial charge in [0.2, 0.25) is 11.8 Å². The first-order valence-electron chi connectivity index (χ1n) is 5.71. The highest BCUT2D eigenvalue weighted by molar-refractivity contribution is 6.32. The summed E-state index contributed by atoms with van der Waals surface area (Å²) in [6.45, 7) is 11.6. The Hall–Kier alpha value is -0.393. The van der Waals surface area contributed by atoms with E-state index in [-0.39, 0.29) is 16.3 Å². The van der Waals surface area contributed by atoms with Gasteiger partial charge in [-0.1, -0.05) is 34.6 Å². The van der Waals surface area contributed by atoms with E-state index < -0.39 is 9.76 Å². The van der Waals surface area contributed by atoms with Crippen LogP contribution in [0.3, 0.4) is 0 Å². The average molecular weight is 277 g/mol. The SMILES string of the molecule is CC(C)(C)C(C)(C)[SiH2]OCc1nnc(CCl)o1. The van der Waals surface area contributed by atoms with Crippen LogP contribution in [0.5, 0.6) is 0 Å². The summed E-state index contributed by atoms with van der Waals surface area (Å²) < 4.78 is 11.0. The normalized spacial score (nSPS) is 13.8. The Morgan fingerprint density at radius 1 is 1.18 bits per heavy atom. The topological polar surface area (TPSA) is 48.2 Å². The molecule has 0 spiro atoms. The van der Waals surface area contributed by atoms with Gasteiger partial charge < -0.3 is 8.84 Å². The zero-order valence-electron chi connectivity index (χ0n) is 11.2. The van der Waals surface area contributed by atoms with Gasteiger partial charge in [-0.3, -0.25) is 0 Å². The van der Waals surface area contributed by atoms with E-state index in [4.69, 9.17) is 20.4 Å². The molecule has 0 aromatic carbocycles. The Balaban J connectivity index is 2.42. The van der Waals surface area contributed by atoms with Crippen molar-refractivity contribution in [1.29, 1.82) is 0 Å². The lowest BCUT2D eigenvalue weighted by atomic mass is 9.82. The van der Waals surface area contributed by atoms with Crippen LogP contribution in [0.4, 0.5) is 0 Å². The molecule has 0 aliphatic heterocycles. The molecule has 1 rings (SSSR count). The van der Waals surface area contributed by atoms with Gasteiger partial charge in [0.1, 0.15) is 12.5 Å². The van der Waals surface area contributed by atoms with Gasteiger partial charge in [0.25, 0.3) is 0 Å². The average Bonchev–Trinajstić information content (AvgIpc) is 2.63. The lowest BCUT2D eigenvalue weighted by molar-refractivity contribution is 0.221. The molecule has 6 heteroatoms. The summed E-state index contributed by atoms with van der Waals surface area (Å²) in [5.74, 6) is 1.21. The first kappa shape index (κ1) is 14.7. The maximum absolute atomic E-state index is 5.77. The van der Waals surface area contributed by atoms with E-state index in [2.05, 4.69) is 44.8 Å². The van der Waals surface area contributed by atoms with Gasteiger partial charge in [-0.15, -0.1) is 21.8 Å². The van der Waals surface area contributed by atoms with E-state index in [0.717, 1.165) is 0 Å². The third-order valence-electron chi connectivity index (χ3n) is 3.34. The number of alkyl halides is 1. The Bertz CT molecular complexity index is 361. The van der Waals surface area contributed by atoms with Crippen molar-refractivity contribution in [2.45, 2.75) is 52.1 Å². The van der Waals surface area contributed by atoms with Crippen LogP contribution in [0.2, 0.25) is 5.04 Å². The first-order valence-corrected chi connectivity index (χ1v) is 7.53. The van der Waals surface area contributed by atoms with Crippen molar-refractivity contribution in [3.05, 3.63) is 11.8 Å². The van der Waals surface area contributed by atoms with Gasteiger partial charge >= 0.3 is 0 Å². The third kappa shape index (κ3) is 4.08. The molecular formula is C11H21ClN2O2Si. The fourth-order valence-electron chi connectivity index (χ4n) is 1.01. The number of aromatic nitrogens is 2. The minimum absolute atomic E-state index is 0.225. The minimum atomic E-state index is -0.667. The Morgan fingerprint density at radius 3 is 2.24 bits per heavy atom. The van der Waals surface area contributed by atoms with Crippen molar-refractivity contribution < 1.29 is 8.84 Å². The second-order valence-electron chi connectivity index (χ2n) is 5.85. The monoisotopic (exact) mass is 276 g/mol. The highest BCUT2D eigenvalue weighted by Gasteiger charge is 2.33. The van der Waals surface area contributed by atoms with Crippen LogP contribution < -0.4 is 0 Å². The number of nitrogens with zero attached hydrogens (tertiary/aromatic N) is 2. The third-order valence-corrected chi connectivity index (χ3v) is 5.76. The van der Waals surface area contributed by atoms with Crippen LogP contribution in [0.15, 0.2) is 4.42 Å². The fourth-order valence-corrected chi connectivity index (χ4v) is 2.34. The summed E-state index contributed by atoms with van der Waals surface area (Å²) in [4.78, 5) is 0. The summed E-state index contributed by atoms with van der Waals surface area (Å²) in [5, 5.41) is 7.87. The second kappa shape index (κ2) is 5.50. The lowest BCUT2D eigenvalue weighted by Gasteiger charge is -2.37. The molecular weight excluding hydrogens is 256 g/mol. The molecule has 0 amide bonds. The predicted octanol–water partition coefficient (Wildman–Crippen LogP) is 2.65. The molecule has 0 fully saturated rings. The van der Waals surface area contributed by atoms with Crippen molar-refractivity contribution in [3.63, 3.8) is 0 Å². The molecule has 1 aromatic rings. The van der Waals surface area contributed by atoms with E-state index >= 15 is 0 Å². The fraction of sp³-hybridized carbons (Fsp3) is 0.818.